The van der Waals surface area contributed by atoms with Gasteiger partial charge < -0.3 is 0 Å². The molecule has 0 aliphatic carbocycles. The average Bonchev–Trinajstić information content (AvgIpc) is 2.72. The van der Waals surface area contributed by atoms with E-state index in [1.165, 1.54) is 8.71 Å². The number of hydrogen-bond donors (Lipinski definition) is 0. The van der Waals surface area contributed by atoms with E-state index in [-0.39, 0.29) is 21.6 Å². The van der Waals surface area contributed by atoms with Crippen molar-refractivity contribution in [3.63, 3.8) is 0 Å². The van der Waals surface area contributed by atoms with Crippen molar-refractivity contribution in [1.29, 1.82) is 0 Å². The molecular formula is C14H20ClN3O2S. The Bertz CT molecular complexity index is 762. The maximum Gasteiger partial charge on any atom is 0.262 e. The van der Waals surface area contributed by atoms with Gasteiger partial charge in [0.2, 0.25) is 0 Å². The summed E-state index contributed by atoms with van der Waals surface area (Å²) in [5.41, 5.74) is 0.326. The van der Waals surface area contributed by atoms with Crippen LogP contribution < -0.4 is 0 Å². The van der Waals surface area contributed by atoms with Crippen molar-refractivity contribution in [2.24, 2.45) is 5.41 Å². The summed E-state index contributed by atoms with van der Waals surface area (Å²) in [6.07, 6.45) is 1.65. The Balaban J connectivity index is 2.60. The molecule has 2 aromatic rings. The molecule has 0 saturated carbocycles. The fraction of sp³-hybridized carbons (Fsp3) is 0.500. The predicted octanol–water partition coefficient (Wildman–Crippen LogP) is 3.04. The van der Waals surface area contributed by atoms with E-state index < -0.39 is 10.0 Å². The van der Waals surface area contributed by atoms with Crippen molar-refractivity contribution in [3.05, 3.63) is 29.5 Å². The molecule has 0 amide bonds. The molecule has 1 atom stereocenters. The van der Waals surface area contributed by atoms with E-state index in [4.69, 9.17) is 11.6 Å². The monoisotopic (exact) mass is 329 g/mol. The number of sulfonamides is 1. The van der Waals surface area contributed by atoms with Crippen LogP contribution in [0.4, 0.5) is 0 Å². The van der Waals surface area contributed by atoms with Gasteiger partial charge in [-0.15, -0.1) is 0 Å². The van der Waals surface area contributed by atoms with Gasteiger partial charge >= 0.3 is 0 Å². The van der Waals surface area contributed by atoms with Crippen LogP contribution in [0.15, 0.2) is 29.4 Å². The summed E-state index contributed by atoms with van der Waals surface area (Å²) in [5.74, 6) is 0. The lowest BCUT2D eigenvalue weighted by molar-refractivity contribution is 0.216. The molecule has 2 aromatic heterocycles. The molecule has 0 bridgehead atoms. The first kappa shape index (κ1) is 16.3. The molecule has 21 heavy (non-hydrogen) atoms. The van der Waals surface area contributed by atoms with Gasteiger partial charge in [-0.05, 0) is 24.5 Å². The summed E-state index contributed by atoms with van der Waals surface area (Å²) in [6.45, 7) is 7.88. The molecule has 116 valence electrons. The highest BCUT2D eigenvalue weighted by Crippen LogP contribution is 2.30. The Morgan fingerprint density at radius 2 is 1.95 bits per heavy atom. The molecule has 2 heterocycles. The zero-order valence-electron chi connectivity index (χ0n) is 12.8. The standard InChI is InChI=1S/C14H20ClN3O2S/c1-10(14(2,3)4)17(5)21(19,20)13-12(15)16-11-8-6-7-9-18(11)13/h6-10H,1-5H3. The maximum absolute atomic E-state index is 12.9. The van der Waals surface area contributed by atoms with Gasteiger partial charge in [-0.2, -0.15) is 4.31 Å². The second kappa shape index (κ2) is 5.26. The minimum Gasteiger partial charge on any atom is -0.288 e. The summed E-state index contributed by atoms with van der Waals surface area (Å²) in [7, 11) is -2.16. The third kappa shape index (κ3) is 2.80. The van der Waals surface area contributed by atoms with Crippen LogP contribution in [0, 0.1) is 5.41 Å². The van der Waals surface area contributed by atoms with Crippen LogP contribution >= 0.6 is 11.6 Å². The van der Waals surface area contributed by atoms with Gasteiger partial charge in [0.05, 0.1) is 0 Å². The van der Waals surface area contributed by atoms with Crippen LogP contribution in [-0.4, -0.2) is 35.2 Å². The fourth-order valence-electron chi connectivity index (χ4n) is 2.07. The summed E-state index contributed by atoms with van der Waals surface area (Å²) in [4.78, 5) is 4.11. The molecule has 0 N–H and O–H groups in total. The Hall–Kier alpha value is -1.11. The van der Waals surface area contributed by atoms with Crippen molar-refractivity contribution >= 4 is 27.3 Å². The number of pyridine rings is 1. The van der Waals surface area contributed by atoms with E-state index >= 15 is 0 Å². The van der Waals surface area contributed by atoms with Crippen LogP contribution in [0.1, 0.15) is 27.7 Å². The first-order valence-electron chi connectivity index (χ1n) is 6.67. The summed E-state index contributed by atoms with van der Waals surface area (Å²) in [5, 5.41) is 0.00697. The van der Waals surface area contributed by atoms with Gasteiger partial charge in [0.25, 0.3) is 10.0 Å². The van der Waals surface area contributed by atoms with E-state index in [1.54, 1.807) is 31.4 Å². The fourth-order valence-corrected chi connectivity index (χ4v) is 4.20. The van der Waals surface area contributed by atoms with E-state index in [1.807, 2.05) is 27.7 Å². The van der Waals surface area contributed by atoms with Gasteiger partial charge in [-0.25, -0.2) is 13.4 Å². The Labute approximate surface area is 130 Å². The van der Waals surface area contributed by atoms with Crippen LogP contribution in [-0.2, 0) is 10.0 Å². The van der Waals surface area contributed by atoms with Crippen LogP contribution in [0.3, 0.4) is 0 Å². The van der Waals surface area contributed by atoms with Gasteiger partial charge in [-0.3, -0.25) is 4.40 Å². The van der Waals surface area contributed by atoms with Gasteiger partial charge in [0, 0.05) is 19.3 Å². The predicted molar refractivity (Wildman–Crippen MR) is 84.1 cm³/mol. The lowest BCUT2D eigenvalue weighted by Crippen LogP contribution is -2.43. The van der Waals surface area contributed by atoms with Gasteiger partial charge in [0.1, 0.15) is 5.65 Å². The number of hydrogen-bond acceptors (Lipinski definition) is 3. The number of nitrogens with zero attached hydrogens (tertiary/aromatic N) is 3. The first-order valence-corrected chi connectivity index (χ1v) is 8.49. The van der Waals surface area contributed by atoms with E-state index in [9.17, 15) is 8.42 Å². The minimum atomic E-state index is -3.73. The second-order valence-corrected chi connectivity index (χ2v) is 8.47. The molecule has 5 nitrogen and oxygen atoms in total. The molecular weight excluding hydrogens is 310 g/mol. The van der Waals surface area contributed by atoms with Crippen molar-refractivity contribution in [3.8, 4) is 0 Å². The van der Waals surface area contributed by atoms with Crippen molar-refractivity contribution in [2.75, 3.05) is 7.05 Å². The molecule has 1 unspecified atom stereocenters. The lowest BCUT2D eigenvalue weighted by atomic mass is 9.88. The Morgan fingerprint density at radius 1 is 1.33 bits per heavy atom. The zero-order chi connectivity index (χ0) is 16.0. The Kier molecular flexibility index (Phi) is 4.08. The number of imidazole rings is 1. The Morgan fingerprint density at radius 3 is 2.52 bits per heavy atom. The lowest BCUT2D eigenvalue weighted by Gasteiger charge is -2.34. The summed E-state index contributed by atoms with van der Waals surface area (Å²) >= 11 is 6.08. The third-order valence-electron chi connectivity index (χ3n) is 3.87. The number of fused-ring (bicyclic) bond motifs is 1. The van der Waals surface area contributed by atoms with Gasteiger partial charge in [-0.1, -0.05) is 38.4 Å². The van der Waals surface area contributed by atoms with Crippen LogP contribution in [0.2, 0.25) is 5.15 Å². The second-order valence-electron chi connectivity index (χ2n) is 6.20. The number of aromatic nitrogens is 2. The summed E-state index contributed by atoms with van der Waals surface area (Å²) in [6, 6.07) is 5.07. The number of halogens is 1. The molecule has 0 saturated heterocycles. The van der Waals surface area contributed by atoms with Crippen LogP contribution in [0.25, 0.3) is 5.65 Å². The quantitative estimate of drug-likeness (QED) is 0.869. The van der Waals surface area contributed by atoms with Crippen LogP contribution in [0.5, 0.6) is 0 Å². The topological polar surface area (TPSA) is 54.7 Å². The highest BCUT2D eigenvalue weighted by Gasteiger charge is 2.35. The van der Waals surface area contributed by atoms with E-state index in [0.717, 1.165) is 0 Å². The largest absolute Gasteiger partial charge is 0.288 e. The molecule has 2 rings (SSSR count). The van der Waals surface area contributed by atoms with E-state index in [0.29, 0.717) is 5.65 Å². The third-order valence-corrected chi connectivity index (χ3v) is 6.20. The molecule has 0 fully saturated rings. The maximum atomic E-state index is 12.9. The average molecular weight is 330 g/mol. The molecule has 0 spiro atoms. The zero-order valence-corrected chi connectivity index (χ0v) is 14.4. The van der Waals surface area contributed by atoms with E-state index in [2.05, 4.69) is 4.98 Å². The number of rotatable bonds is 3. The van der Waals surface area contributed by atoms with Crippen molar-refractivity contribution in [2.45, 2.75) is 38.8 Å². The minimum absolute atomic E-state index is 0.00541. The first-order chi connectivity index (χ1) is 9.56. The van der Waals surface area contributed by atoms with Crippen molar-refractivity contribution < 1.29 is 8.42 Å². The molecule has 0 aliphatic rings. The molecule has 0 aliphatic heterocycles. The summed E-state index contributed by atoms with van der Waals surface area (Å²) < 4.78 is 28.7. The van der Waals surface area contributed by atoms with Gasteiger partial charge in [0.15, 0.2) is 10.2 Å². The molecule has 0 radical (unpaired) electrons. The SMILES string of the molecule is CC(N(C)S(=O)(=O)c1c(Cl)nc2ccccn12)C(C)(C)C. The van der Waals surface area contributed by atoms with Crippen molar-refractivity contribution in [1.82, 2.24) is 13.7 Å². The normalized spacial score (nSPS) is 14.8. The highest BCUT2D eigenvalue weighted by atomic mass is 35.5. The highest BCUT2D eigenvalue weighted by molar-refractivity contribution is 7.89. The smallest absolute Gasteiger partial charge is 0.262 e. The molecule has 0 aromatic carbocycles. The molecule has 7 heteroatoms.